The van der Waals surface area contributed by atoms with Gasteiger partial charge in [0.05, 0.1) is 5.69 Å². The van der Waals surface area contributed by atoms with Gasteiger partial charge in [-0.1, -0.05) is 6.07 Å². The number of nitrogen functional groups attached to an aromatic ring is 1. The Morgan fingerprint density at radius 3 is 2.75 bits per heavy atom. The third kappa shape index (κ3) is 2.67. The molecule has 1 fully saturated rings. The average molecular weight is 325 g/mol. The number of nitrogens with two attached hydrogens (primary N) is 2. The minimum atomic E-state index is 0.0396. The second-order valence-corrected chi connectivity index (χ2v) is 6.64. The zero-order valence-corrected chi connectivity index (χ0v) is 14.0. The molecule has 2 aromatic rings. The van der Waals surface area contributed by atoms with E-state index in [0.29, 0.717) is 12.5 Å². The summed E-state index contributed by atoms with van der Waals surface area (Å²) in [5.74, 6) is 2.10. The van der Waals surface area contributed by atoms with Crippen LogP contribution in [0.3, 0.4) is 0 Å². The molecule has 0 spiro atoms. The van der Waals surface area contributed by atoms with Gasteiger partial charge < -0.3 is 21.1 Å². The van der Waals surface area contributed by atoms with Crippen LogP contribution in [0.2, 0.25) is 0 Å². The van der Waals surface area contributed by atoms with Crippen molar-refractivity contribution in [2.24, 2.45) is 5.73 Å². The van der Waals surface area contributed by atoms with Crippen molar-refractivity contribution in [3.63, 3.8) is 0 Å². The van der Waals surface area contributed by atoms with E-state index in [2.05, 4.69) is 33.9 Å². The molecule has 1 atom stereocenters. The zero-order valence-electron chi connectivity index (χ0n) is 14.0. The summed E-state index contributed by atoms with van der Waals surface area (Å²) in [6.07, 6.45) is 3.28. The second-order valence-electron chi connectivity index (χ2n) is 6.64. The van der Waals surface area contributed by atoms with Crippen LogP contribution in [0.4, 0.5) is 11.8 Å². The van der Waals surface area contributed by atoms with Crippen LogP contribution < -0.4 is 21.1 Å². The van der Waals surface area contributed by atoms with Crippen LogP contribution in [-0.2, 0) is 6.42 Å². The van der Waals surface area contributed by atoms with Crippen LogP contribution in [0, 0.1) is 6.92 Å². The van der Waals surface area contributed by atoms with Crippen molar-refractivity contribution in [3.05, 3.63) is 29.3 Å². The summed E-state index contributed by atoms with van der Waals surface area (Å²) in [6, 6.07) is 6.30. The maximum absolute atomic E-state index is 6.06. The fourth-order valence-electron chi connectivity index (χ4n) is 3.61. The maximum atomic E-state index is 6.06. The number of rotatable bonds is 3. The molecule has 0 unspecified atom stereocenters. The summed E-state index contributed by atoms with van der Waals surface area (Å²) in [5.41, 5.74) is 16.0. The second kappa shape index (κ2) is 5.94. The number of fused-ring (bicyclic) bond motifs is 1. The highest BCUT2D eigenvalue weighted by molar-refractivity contribution is 5.74. The number of benzene rings is 1. The normalized spacial score (nSPS) is 19.4. The highest BCUT2D eigenvalue weighted by atomic mass is 16.5. The summed E-state index contributed by atoms with van der Waals surface area (Å²) >= 11 is 0. The average Bonchev–Trinajstić information content (AvgIpc) is 3.22. The predicted octanol–water partition coefficient (Wildman–Crippen LogP) is 1.90. The van der Waals surface area contributed by atoms with Crippen LogP contribution >= 0.6 is 0 Å². The first kappa shape index (κ1) is 15.2. The largest absolute Gasteiger partial charge is 0.488 e. The molecular formula is C18H23N5O. The molecule has 2 aliphatic rings. The molecule has 2 aliphatic heterocycles. The van der Waals surface area contributed by atoms with Gasteiger partial charge >= 0.3 is 0 Å². The molecular weight excluding hydrogens is 302 g/mol. The number of hydrogen-bond donors (Lipinski definition) is 2. The summed E-state index contributed by atoms with van der Waals surface area (Å²) < 4.78 is 6.06. The van der Waals surface area contributed by atoms with Gasteiger partial charge in [0.2, 0.25) is 5.95 Å². The summed E-state index contributed by atoms with van der Waals surface area (Å²) in [7, 11) is 0. The van der Waals surface area contributed by atoms with Gasteiger partial charge in [0.1, 0.15) is 17.7 Å². The van der Waals surface area contributed by atoms with Gasteiger partial charge in [-0.15, -0.1) is 0 Å². The molecule has 4 rings (SSSR count). The van der Waals surface area contributed by atoms with Crippen molar-refractivity contribution < 1.29 is 4.74 Å². The van der Waals surface area contributed by atoms with Crippen molar-refractivity contribution in [1.82, 2.24) is 9.97 Å². The fraction of sp³-hybridized carbons (Fsp3) is 0.444. The zero-order chi connectivity index (χ0) is 16.7. The molecule has 3 heterocycles. The Morgan fingerprint density at radius 2 is 2.00 bits per heavy atom. The highest BCUT2D eigenvalue weighted by Gasteiger charge is 2.26. The molecule has 1 aromatic heterocycles. The lowest BCUT2D eigenvalue weighted by Crippen LogP contribution is -2.24. The maximum Gasteiger partial charge on any atom is 0.222 e. The first-order valence-corrected chi connectivity index (χ1v) is 8.54. The highest BCUT2D eigenvalue weighted by Crippen LogP contribution is 2.40. The van der Waals surface area contributed by atoms with E-state index in [-0.39, 0.29) is 6.10 Å². The Kier molecular flexibility index (Phi) is 3.76. The van der Waals surface area contributed by atoms with Gasteiger partial charge in [-0.05, 0) is 37.0 Å². The van der Waals surface area contributed by atoms with Crippen molar-refractivity contribution in [1.29, 1.82) is 0 Å². The number of ether oxygens (including phenoxy) is 1. The Balaban J connectivity index is 1.79. The molecule has 0 radical (unpaired) electrons. The van der Waals surface area contributed by atoms with Crippen molar-refractivity contribution >= 4 is 11.8 Å². The van der Waals surface area contributed by atoms with Gasteiger partial charge in [0, 0.05) is 37.7 Å². The molecule has 0 bridgehead atoms. The Hall–Kier alpha value is -2.34. The monoisotopic (exact) mass is 325 g/mol. The number of anilines is 2. The number of aryl methyl sites for hydroxylation is 1. The minimum Gasteiger partial charge on any atom is -0.488 e. The van der Waals surface area contributed by atoms with E-state index in [1.54, 1.807) is 0 Å². The van der Waals surface area contributed by atoms with Crippen LogP contribution in [0.25, 0.3) is 11.3 Å². The summed E-state index contributed by atoms with van der Waals surface area (Å²) in [5, 5.41) is 0. The lowest BCUT2D eigenvalue weighted by molar-refractivity contribution is 0.242. The van der Waals surface area contributed by atoms with Gasteiger partial charge in [-0.2, -0.15) is 4.98 Å². The lowest BCUT2D eigenvalue weighted by Gasteiger charge is -2.18. The van der Waals surface area contributed by atoms with E-state index in [4.69, 9.17) is 16.2 Å². The van der Waals surface area contributed by atoms with Crippen molar-refractivity contribution in [2.45, 2.75) is 32.3 Å². The van der Waals surface area contributed by atoms with E-state index in [1.165, 1.54) is 24.0 Å². The van der Waals surface area contributed by atoms with Gasteiger partial charge in [0.25, 0.3) is 0 Å². The van der Waals surface area contributed by atoms with E-state index in [1.807, 2.05) is 6.07 Å². The third-order valence-corrected chi connectivity index (χ3v) is 4.74. The first-order valence-electron chi connectivity index (χ1n) is 8.54. The van der Waals surface area contributed by atoms with Crippen LogP contribution in [0.15, 0.2) is 18.2 Å². The fourth-order valence-corrected chi connectivity index (χ4v) is 3.61. The molecule has 1 saturated heterocycles. The first-order chi connectivity index (χ1) is 11.6. The van der Waals surface area contributed by atoms with Gasteiger partial charge in [0.15, 0.2) is 0 Å². The minimum absolute atomic E-state index is 0.0396. The molecule has 0 amide bonds. The van der Waals surface area contributed by atoms with Crippen LogP contribution in [-0.4, -0.2) is 35.7 Å². The molecule has 6 nitrogen and oxygen atoms in total. The number of hydrogen-bond acceptors (Lipinski definition) is 6. The molecule has 0 aliphatic carbocycles. The quantitative estimate of drug-likeness (QED) is 0.896. The Bertz CT molecular complexity index is 770. The molecule has 4 N–H and O–H groups in total. The molecule has 6 heteroatoms. The van der Waals surface area contributed by atoms with Gasteiger partial charge in [-0.3, -0.25) is 0 Å². The summed E-state index contributed by atoms with van der Waals surface area (Å²) in [6.45, 7) is 4.64. The molecule has 0 saturated carbocycles. The van der Waals surface area contributed by atoms with E-state index in [0.717, 1.165) is 42.3 Å². The van der Waals surface area contributed by atoms with Crippen molar-refractivity contribution in [2.75, 3.05) is 30.3 Å². The van der Waals surface area contributed by atoms with E-state index < -0.39 is 0 Å². The topological polar surface area (TPSA) is 90.3 Å². The smallest absolute Gasteiger partial charge is 0.222 e. The van der Waals surface area contributed by atoms with Crippen LogP contribution in [0.5, 0.6) is 5.75 Å². The number of nitrogens with zero attached hydrogens (tertiary/aromatic N) is 3. The lowest BCUT2D eigenvalue weighted by atomic mass is 10.0. The third-order valence-electron chi connectivity index (χ3n) is 4.74. The number of aromatic nitrogens is 2. The van der Waals surface area contributed by atoms with Crippen LogP contribution in [0.1, 0.15) is 24.0 Å². The van der Waals surface area contributed by atoms with E-state index in [9.17, 15) is 0 Å². The van der Waals surface area contributed by atoms with E-state index >= 15 is 0 Å². The standard InChI is InChI=1S/C18H23N5O/c1-11-6-12-8-13(10-19)24-17(12)14(7-11)15-9-16(22-18(20)21-15)23-4-2-3-5-23/h6-7,9,13H,2-5,8,10,19H2,1H3,(H2,20,21,22)/t13-/m0/s1. The molecule has 24 heavy (non-hydrogen) atoms. The van der Waals surface area contributed by atoms with Crippen molar-refractivity contribution in [3.8, 4) is 17.0 Å². The molecule has 126 valence electrons. The predicted molar refractivity (Wildman–Crippen MR) is 95.2 cm³/mol. The Morgan fingerprint density at radius 1 is 1.21 bits per heavy atom. The SMILES string of the molecule is Cc1cc2c(c(-c3cc(N4CCCC4)nc(N)n3)c1)O[C@H](CN)C2. The molecule has 1 aromatic carbocycles. The Labute approximate surface area is 141 Å². The summed E-state index contributed by atoms with van der Waals surface area (Å²) in [4.78, 5) is 11.2. The van der Waals surface area contributed by atoms with Gasteiger partial charge in [-0.25, -0.2) is 4.98 Å².